The third-order valence-corrected chi connectivity index (χ3v) is 12.5. The van der Waals surface area contributed by atoms with Crippen LogP contribution in [0.2, 0.25) is 0 Å². The van der Waals surface area contributed by atoms with Crippen molar-refractivity contribution >= 4 is 44.0 Å². The molecule has 4 aromatic carbocycles. The van der Waals surface area contributed by atoms with Gasteiger partial charge < -0.3 is 10.2 Å². The number of sulfonamides is 1. The van der Waals surface area contributed by atoms with Gasteiger partial charge in [0.25, 0.3) is 0 Å². The molecule has 2 fully saturated rings. The first-order chi connectivity index (χ1) is 24.3. The lowest BCUT2D eigenvalue weighted by Gasteiger charge is -2.38. The third-order valence-electron chi connectivity index (χ3n) is 10.4. The molecule has 10 heteroatoms. The van der Waals surface area contributed by atoms with Crippen LogP contribution in [0.25, 0.3) is 16.5 Å². The zero-order valence-corrected chi connectivity index (χ0v) is 31.2. The van der Waals surface area contributed by atoms with Gasteiger partial charge in [0.05, 0.1) is 16.3 Å². The predicted molar refractivity (Wildman–Crippen MR) is 207 cm³/mol. The Labute approximate surface area is 301 Å². The van der Waals surface area contributed by atoms with Crippen LogP contribution in [0.3, 0.4) is 0 Å². The van der Waals surface area contributed by atoms with Gasteiger partial charge in [0, 0.05) is 59.8 Å². The number of anilines is 3. The number of rotatable bonds is 8. The Kier molecular flexibility index (Phi) is 9.18. The number of hydrogen-bond acceptors (Lipinski definition) is 5. The van der Waals surface area contributed by atoms with E-state index in [0.717, 1.165) is 65.5 Å². The maximum absolute atomic E-state index is 14.3. The van der Waals surface area contributed by atoms with Gasteiger partial charge in [-0.25, -0.2) is 17.9 Å². The Morgan fingerprint density at radius 1 is 0.863 bits per heavy atom. The van der Waals surface area contributed by atoms with Gasteiger partial charge in [-0.05, 0) is 86.9 Å². The van der Waals surface area contributed by atoms with E-state index in [1.165, 1.54) is 5.56 Å². The van der Waals surface area contributed by atoms with Crippen molar-refractivity contribution in [2.75, 3.05) is 29.6 Å². The fourth-order valence-electron chi connectivity index (χ4n) is 7.85. The second-order valence-corrected chi connectivity index (χ2v) is 17.3. The third kappa shape index (κ3) is 6.99. The van der Waals surface area contributed by atoms with Crippen molar-refractivity contribution in [3.8, 4) is 5.69 Å². The molecule has 5 aromatic rings. The average molecular weight is 705 g/mol. The minimum absolute atomic E-state index is 0.00261. The Bertz CT molecular complexity index is 2150. The minimum atomic E-state index is -3.67. The number of benzene rings is 4. The van der Waals surface area contributed by atoms with E-state index in [1.54, 1.807) is 10.7 Å². The van der Waals surface area contributed by atoms with E-state index < -0.39 is 10.0 Å². The highest BCUT2D eigenvalue weighted by Crippen LogP contribution is 2.44. The van der Waals surface area contributed by atoms with Gasteiger partial charge in [-0.15, -0.1) is 0 Å². The molecule has 2 unspecified atom stereocenters. The number of carbonyl (C=O) groups is 1. The molecule has 2 N–H and O–H groups in total. The Morgan fingerprint density at radius 3 is 2.16 bits per heavy atom. The number of aryl methyl sites for hydroxylation is 1. The highest BCUT2D eigenvalue weighted by Gasteiger charge is 2.47. The summed E-state index contributed by atoms with van der Waals surface area (Å²) < 4.78 is 32.1. The first kappa shape index (κ1) is 34.8. The summed E-state index contributed by atoms with van der Waals surface area (Å²) in [6.45, 7) is 8.34. The number of piperidine rings is 1. The topological polar surface area (TPSA) is 99.6 Å². The zero-order valence-electron chi connectivity index (χ0n) is 30.3. The quantitative estimate of drug-likeness (QED) is 0.169. The second-order valence-electron chi connectivity index (χ2n) is 15.5. The molecule has 7 rings (SSSR count). The van der Waals surface area contributed by atoms with Gasteiger partial charge in [0.1, 0.15) is 5.82 Å². The monoisotopic (exact) mass is 704 g/mol. The van der Waals surface area contributed by atoms with Gasteiger partial charge in [0.15, 0.2) is 0 Å². The van der Waals surface area contributed by atoms with Crippen molar-refractivity contribution in [3.05, 3.63) is 108 Å². The van der Waals surface area contributed by atoms with Gasteiger partial charge >= 0.3 is 6.03 Å². The highest BCUT2D eigenvalue weighted by atomic mass is 32.2. The number of amides is 2. The molecule has 2 atom stereocenters. The molecule has 0 aliphatic carbocycles. The molecular formula is C41H48N6O3S. The molecule has 0 spiro atoms. The smallest absolute Gasteiger partial charge is 0.324 e. The van der Waals surface area contributed by atoms with E-state index in [0.29, 0.717) is 22.3 Å². The van der Waals surface area contributed by atoms with Crippen LogP contribution in [0.15, 0.2) is 95.9 Å². The second kappa shape index (κ2) is 13.5. The molecule has 3 heterocycles. The maximum atomic E-state index is 14.3. The molecule has 0 radical (unpaired) electrons. The number of urea groups is 1. The molecule has 1 aromatic heterocycles. The van der Waals surface area contributed by atoms with E-state index in [4.69, 9.17) is 5.10 Å². The summed E-state index contributed by atoms with van der Waals surface area (Å²) in [7, 11) is 0.296. The summed E-state index contributed by atoms with van der Waals surface area (Å²) in [6, 6.07) is 29.2. The summed E-state index contributed by atoms with van der Waals surface area (Å²) >= 11 is 0. The van der Waals surface area contributed by atoms with Crippen LogP contribution in [-0.2, 0) is 21.9 Å². The molecule has 2 aliphatic heterocycles. The first-order valence-corrected chi connectivity index (χ1v) is 19.3. The lowest BCUT2D eigenvalue weighted by molar-refractivity contribution is 0.190. The fraction of sp³-hybridized carbons (Fsp3) is 0.366. The van der Waals surface area contributed by atoms with Gasteiger partial charge in [0.2, 0.25) is 10.0 Å². The van der Waals surface area contributed by atoms with E-state index in [9.17, 15) is 13.2 Å². The van der Waals surface area contributed by atoms with Crippen LogP contribution < -0.4 is 15.5 Å². The number of fused-ring (bicyclic) bond motifs is 3. The predicted octanol–water partition coefficient (Wildman–Crippen LogP) is 8.52. The van der Waals surface area contributed by atoms with Crippen LogP contribution in [0.1, 0.15) is 63.3 Å². The highest BCUT2D eigenvalue weighted by molar-refractivity contribution is 7.89. The Balaban J connectivity index is 1.00. The zero-order chi connectivity index (χ0) is 36.1. The number of aromatic nitrogens is 2. The van der Waals surface area contributed by atoms with Crippen molar-refractivity contribution < 1.29 is 13.2 Å². The van der Waals surface area contributed by atoms with E-state index >= 15 is 0 Å². The summed E-state index contributed by atoms with van der Waals surface area (Å²) in [5.74, 6) is 0.989. The largest absolute Gasteiger partial charge is 0.377 e. The summed E-state index contributed by atoms with van der Waals surface area (Å²) in [6.07, 6.45) is 4.35. The van der Waals surface area contributed by atoms with Crippen LogP contribution in [0, 0.1) is 12.8 Å². The van der Waals surface area contributed by atoms with Crippen molar-refractivity contribution in [2.45, 2.75) is 82.2 Å². The van der Waals surface area contributed by atoms with Crippen LogP contribution in [0.5, 0.6) is 0 Å². The van der Waals surface area contributed by atoms with Gasteiger partial charge in [-0.3, -0.25) is 5.32 Å². The summed E-state index contributed by atoms with van der Waals surface area (Å²) in [4.78, 5) is 15.6. The minimum Gasteiger partial charge on any atom is -0.377 e. The number of nitrogens with one attached hydrogen (secondary N) is 2. The molecule has 2 aliphatic rings. The normalized spacial score (nSPS) is 19.3. The fourth-order valence-corrected chi connectivity index (χ4v) is 9.96. The van der Waals surface area contributed by atoms with Crippen molar-refractivity contribution in [1.29, 1.82) is 0 Å². The summed E-state index contributed by atoms with van der Waals surface area (Å²) in [5.41, 5.74) is 5.61. The molecule has 9 nitrogen and oxygen atoms in total. The van der Waals surface area contributed by atoms with Crippen molar-refractivity contribution in [1.82, 2.24) is 14.1 Å². The van der Waals surface area contributed by atoms with Crippen molar-refractivity contribution in [2.24, 2.45) is 5.92 Å². The Hall–Kier alpha value is -4.67. The molecular weight excluding hydrogens is 657 g/mol. The lowest BCUT2D eigenvalue weighted by atomic mass is 9.87. The number of carbonyl (C=O) groups excluding carboxylic acids is 1. The lowest BCUT2D eigenvalue weighted by Crippen LogP contribution is -2.46. The standard InChI is InChI=1S/C41H48N6O3S/c1-27-13-19-31(20-14-27)46-39(26-38(44-46)41(2,3)4)43-40(48)42-30-17-15-28(16-18-30)23-29-24-32-21-22-33(25-29)47(32)51(49,50)37-12-8-9-34-35(37)10-7-11-36(34)45(5)6/h7-20,26,29,32-33H,21-25H2,1-6H3,(H2,42,43,48). The summed E-state index contributed by atoms with van der Waals surface area (Å²) in [5, 5.41) is 12.5. The van der Waals surface area contributed by atoms with E-state index in [2.05, 4.69) is 43.5 Å². The molecule has 2 saturated heterocycles. The van der Waals surface area contributed by atoms with Gasteiger partial charge in [-0.2, -0.15) is 9.40 Å². The first-order valence-electron chi connectivity index (χ1n) is 17.8. The molecule has 266 valence electrons. The van der Waals surface area contributed by atoms with Crippen LogP contribution >= 0.6 is 0 Å². The molecule has 2 amide bonds. The van der Waals surface area contributed by atoms with Crippen molar-refractivity contribution in [3.63, 3.8) is 0 Å². The average Bonchev–Trinajstić information content (AvgIpc) is 3.64. The molecule has 2 bridgehead atoms. The molecule has 0 saturated carbocycles. The van der Waals surface area contributed by atoms with Gasteiger partial charge in [-0.1, -0.05) is 74.9 Å². The van der Waals surface area contributed by atoms with Crippen LogP contribution in [-0.4, -0.2) is 54.7 Å². The number of hydrogen-bond donors (Lipinski definition) is 2. The van der Waals surface area contributed by atoms with Crippen LogP contribution in [0.4, 0.5) is 22.0 Å². The Morgan fingerprint density at radius 2 is 1.51 bits per heavy atom. The SMILES string of the molecule is Cc1ccc(-n2nc(C(C)(C)C)cc2NC(=O)Nc2ccc(CC3CC4CCC(C3)N4S(=O)(=O)c3cccc4c(N(C)C)cccc34)cc2)cc1. The number of nitrogens with zero attached hydrogens (tertiary/aromatic N) is 4. The van der Waals surface area contributed by atoms with E-state index in [1.807, 2.05) is 103 Å². The van der Waals surface area contributed by atoms with E-state index in [-0.39, 0.29) is 23.5 Å². The molecule has 51 heavy (non-hydrogen) atoms. The maximum Gasteiger partial charge on any atom is 0.324 e.